The van der Waals surface area contributed by atoms with Crippen LogP contribution >= 0.6 is 0 Å². The lowest BCUT2D eigenvalue weighted by Gasteiger charge is -2.37. The van der Waals surface area contributed by atoms with Gasteiger partial charge in [0.15, 0.2) is 11.9 Å². The number of Topliss-reactive ketones (excluding diaryl/α,β-unsaturated/α-hetero) is 1. The minimum atomic E-state index is -1.37. The zero-order valence-corrected chi connectivity index (χ0v) is 33.1. The number of nitrogens with zero attached hydrogens (tertiary/aromatic N) is 3. The van der Waals surface area contributed by atoms with Crippen LogP contribution < -0.4 is 5.84 Å². The lowest BCUT2D eigenvalue weighted by Crippen LogP contribution is -2.55. The first kappa shape index (κ1) is 47.2. The number of hydrogen-bond acceptors (Lipinski definition) is 12. The van der Waals surface area contributed by atoms with Crippen molar-refractivity contribution in [3.63, 3.8) is 0 Å². The Morgan fingerprint density at radius 3 is 2.10 bits per heavy atom. The van der Waals surface area contributed by atoms with Crippen LogP contribution in [0, 0.1) is 17.8 Å². The quantitative estimate of drug-likeness (QED) is 0.157. The topological polar surface area (TPSA) is 181 Å². The minimum absolute atomic E-state index is 0.134. The van der Waals surface area contributed by atoms with Gasteiger partial charge in [-0.25, -0.2) is 20.4 Å². The molecule has 0 bridgehead atoms. The number of esters is 1. The van der Waals surface area contributed by atoms with Gasteiger partial charge in [-0.05, 0) is 74.4 Å². The van der Waals surface area contributed by atoms with Crippen LogP contribution in [-0.2, 0) is 28.5 Å². The smallest absolute Gasteiger partial charge is 0.425 e. The molecule has 3 rings (SSSR count). The van der Waals surface area contributed by atoms with E-state index in [-0.39, 0.29) is 37.8 Å². The van der Waals surface area contributed by atoms with Crippen LogP contribution in [-0.4, -0.2) is 118 Å². The van der Waals surface area contributed by atoms with Crippen LogP contribution in [0.4, 0.5) is 9.59 Å². The number of carbonyl (C=O) groups excluding carboxylic acids is 4. The van der Waals surface area contributed by atoms with Crippen LogP contribution in [0.2, 0.25) is 0 Å². The van der Waals surface area contributed by atoms with E-state index in [1.807, 2.05) is 48.7 Å². The number of hydrazine groups is 1. The minimum Gasteiger partial charge on any atom is -0.461 e. The normalized spacial score (nSPS) is 35.1. The summed E-state index contributed by atoms with van der Waals surface area (Å²) in [7, 11) is 5.62. The average molecular weight is 717 g/mol. The summed E-state index contributed by atoms with van der Waals surface area (Å²) < 4.78 is 21.8. The van der Waals surface area contributed by atoms with E-state index >= 15 is 0 Å². The van der Waals surface area contributed by atoms with Crippen molar-refractivity contribution in [1.29, 1.82) is 0 Å². The molecule has 0 saturated carbocycles. The van der Waals surface area contributed by atoms with Crippen LogP contribution in [0.15, 0.2) is 12.3 Å². The molecule has 0 spiro atoms. The van der Waals surface area contributed by atoms with Crippen molar-refractivity contribution in [2.24, 2.45) is 23.6 Å². The van der Waals surface area contributed by atoms with E-state index in [2.05, 4.69) is 4.90 Å². The number of rotatable bonds is 3. The maximum Gasteiger partial charge on any atom is 0.425 e. The Bertz CT molecular complexity index is 1100. The van der Waals surface area contributed by atoms with Crippen molar-refractivity contribution < 1.29 is 48.3 Å². The fourth-order valence-electron chi connectivity index (χ4n) is 6.44. The standard InChI is InChI=1S/C24H39N3O8.C8H17NO2.2C2H6/c1-8-11-26(7)21(31)34-23(5)10-9-17(28)15(3)20(30)33-13-24(6)19(27(25)22(32)35-24)16(4)18(29)14(2)12-23;1-6-4-7(9(2)3)5-8(10)11-6;2*1-2/h8,11,14-17,19,28H,9-10,12-13,25H2,1-7H3;6-8,10H,4-5H2,1-3H3;2*1-2H3/b11-8-;;;/t14-,15?,16?,17+,19?,23+,24-;;;/m1.../s1. The molecule has 3 heterocycles. The third kappa shape index (κ3) is 13.4. The van der Waals surface area contributed by atoms with Gasteiger partial charge in [0.1, 0.15) is 24.0 Å². The molecule has 10 atom stereocenters. The molecular formula is C36H68N4O10. The number of nitrogens with two attached hydrogens (primary N) is 1. The zero-order chi connectivity index (χ0) is 39.1. The molecule has 6 unspecified atom stereocenters. The van der Waals surface area contributed by atoms with Gasteiger partial charge in [-0.15, -0.1) is 0 Å². The van der Waals surface area contributed by atoms with Gasteiger partial charge in [0, 0.05) is 37.5 Å². The van der Waals surface area contributed by atoms with E-state index in [1.165, 1.54) is 11.8 Å². The second-order valence-electron chi connectivity index (χ2n) is 13.7. The molecule has 0 aliphatic carbocycles. The van der Waals surface area contributed by atoms with Crippen molar-refractivity contribution in [3.05, 3.63) is 12.3 Å². The number of ketones is 1. The van der Waals surface area contributed by atoms with E-state index in [0.29, 0.717) is 6.04 Å². The van der Waals surface area contributed by atoms with Crippen molar-refractivity contribution in [2.45, 2.75) is 150 Å². The first-order valence-electron chi connectivity index (χ1n) is 18.0. The number of fused-ring (bicyclic) bond motifs is 1. The number of hydrogen-bond donors (Lipinski definition) is 3. The van der Waals surface area contributed by atoms with Crippen molar-refractivity contribution >= 4 is 23.9 Å². The summed E-state index contributed by atoms with van der Waals surface area (Å²) in [6.07, 6.45) is 2.59. The van der Waals surface area contributed by atoms with Gasteiger partial charge < -0.3 is 34.1 Å². The van der Waals surface area contributed by atoms with E-state index in [4.69, 9.17) is 24.8 Å². The summed E-state index contributed by atoms with van der Waals surface area (Å²) in [4.78, 5) is 54.5. The largest absolute Gasteiger partial charge is 0.461 e. The molecule has 50 heavy (non-hydrogen) atoms. The fraction of sp³-hybridized carbons (Fsp3) is 0.833. The van der Waals surface area contributed by atoms with Crippen LogP contribution in [0.25, 0.3) is 0 Å². The van der Waals surface area contributed by atoms with Gasteiger partial charge in [-0.1, -0.05) is 47.6 Å². The Morgan fingerprint density at radius 2 is 1.58 bits per heavy atom. The Kier molecular flexibility index (Phi) is 20.4. The van der Waals surface area contributed by atoms with Gasteiger partial charge in [-0.2, -0.15) is 0 Å². The van der Waals surface area contributed by atoms with Crippen molar-refractivity contribution in [1.82, 2.24) is 14.8 Å². The molecule has 0 aromatic heterocycles. The number of ether oxygens (including phenoxy) is 4. The summed E-state index contributed by atoms with van der Waals surface area (Å²) in [5.41, 5.74) is -2.49. The molecule has 0 radical (unpaired) electrons. The Labute approximate surface area is 300 Å². The second kappa shape index (κ2) is 21.6. The molecule has 292 valence electrons. The Balaban J connectivity index is 0.00000133. The van der Waals surface area contributed by atoms with Gasteiger partial charge in [-0.3, -0.25) is 14.5 Å². The van der Waals surface area contributed by atoms with Gasteiger partial charge in [0.2, 0.25) is 0 Å². The molecule has 0 aromatic rings. The molecule has 4 N–H and O–H groups in total. The third-order valence-corrected chi connectivity index (χ3v) is 9.21. The summed E-state index contributed by atoms with van der Waals surface area (Å²) in [6, 6.07) is -0.427. The summed E-state index contributed by atoms with van der Waals surface area (Å²) in [6.45, 7) is 19.6. The number of aliphatic hydroxyl groups is 2. The van der Waals surface area contributed by atoms with Crippen LogP contribution in [0.1, 0.15) is 108 Å². The summed E-state index contributed by atoms with van der Waals surface area (Å²) in [5.74, 6) is 2.85. The van der Waals surface area contributed by atoms with Crippen molar-refractivity contribution in [3.8, 4) is 0 Å². The van der Waals surface area contributed by atoms with Crippen LogP contribution in [0.5, 0.6) is 0 Å². The van der Waals surface area contributed by atoms with Gasteiger partial charge >= 0.3 is 18.2 Å². The number of allylic oxidation sites excluding steroid dienone is 1. The van der Waals surface area contributed by atoms with E-state index in [1.54, 1.807) is 53.9 Å². The highest BCUT2D eigenvalue weighted by atomic mass is 16.6. The molecular weight excluding hydrogens is 648 g/mol. The third-order valence-electron chi connectivity index (χ3n) is 9.21. The van der Waals surface area contributed by atoms with E-state index in [9.17, 15) is 29.4 Å². The SMILES string of the molecule is C/C=C\N(C)C(=O)O[C@@]1(C)CC[C@H](O)C(C)C(=O)OC[C@@]2(C)OC(=O)N(N)C2C(C)C(=O)[C@H](C)C1.CC.CC.CC1CC(N(C)C)CC(O)O1. The average Bonchev–Trinajstić information content (AvgIpc) is 3.29. The number of carbonyl (C=O) groups is 4. The molecule has 3 fully saturated rings. The maximum atomic E-state index is 13.5. The highest BCUT2D eigenvalue weighted by molar-refractivity contribution is 5.85. The first-order valence-corrected chi connectivity index (χ1v) is 18.0. The lowest BCUT2D eigenvalue weighted by molar-refractivity contribution is -0.172. The molecule has 14 heteroatoms. The monoisotopic (exact) mass is 716 g/mol. The van der Waals surface area contributed by atoms with Gasteiger partial charge in [0.25, 0.3) is 0 Å². The highest BCUT2D eigenvalue weighted by Gasteiger charge is 2.55. The Morgan fingerprint density at radius 1 is 1.00 bits per heavy atom. The maximum absolute atomic E-state index is 13.5. The van der Waals surface area contributed by atoms with Gasteiger partial charge in [0.05, 0.1) is 18.1 Å². The second-order valence-corrected chi connectivity index (χ2v) is 13.7. The summed E-state index contributed by atoms with van der Waals surface area (Å²) in [5, 5.41) is 20.8. The molecule has 3 aliphatic rings. The highest BCUT2D eigenvalue weighted by Crippen LogP contribution is 2.37. The Hall–Kier alpha value is -2.78. The predicted octanol–water partition coefficient (Wildman–Crippen LogP) is 4.85. The number of amides is 2. The number of aliphatic hydroxyl groups excluding tert-OH is 2. The van der Waals surface area contributed by atoms with E-state index < -0.39 is 65.5 Å². The lowest BCUT2D eigenvalue weighted by atomic mass is 9.77. The molecule has 2 amide bonds. The zero-order valence-electron chi connectivity index (χ0n) is 33.1. The van der Waals surface area contributed by atoms with Crippen molar-refractivity contribution in [2.75, 3.05) is 27.7 Å². The molecule has 3 aliphatic heterocycles. The summed E-state index contributed by atoms with van der Waals surface area (Å²) >= 11 is 0. The molecule has 0 aromatic carbocycles. The number of cyclic esters (lactones) is 1. The first-order chi connectivity index (χ1) is 23.2. The molecule has 3 saturated heterocycles. The molecule has 14 nitrogen and oxygen atoms in total. The predicted molar refractivity (Wildman–Crippen MR) is 191 cm³/mol. The van der Waals surface area contributed by atoms with Crippen LogP contribution in [0.3, 0.4) is 0 Å². The fourth-order valence-corrected chi connectivity index (χ4v) is 6.44. The van der Waals surface area contributed by atoms with E-state index in [0.717, 1.165) is 17.9 Å².